The first kappa shape index (κ1) is 32.9. The number of rotatable bonds is 11. The van der Waals surface area contributed by atoms with Crippen molar-refractivity contribution in [2.24, 2.45) is 0 Å². The first-order valence-electron chi connectivity index (χ1n) is 13.8. The average Bonchev–Trinajstić information content (AvgIpc) is 2.91. The molecule has 0 aliphatic rings. The van der Waals surface area contributed by atoms with E-state index in [0.29, 0.717) is 28.4 Å². The molecule has 1 atom stereocenters. The molecule has 226 valence electrons. The third-order valence-corrected chi connectivity index (χ3v) is 8.72. The van der Waals surface area contributed by atoms with E-state index in [2.05, 4.69) is 5.32 Å². The number of nitrogens with one attached hydrogen (secondary N) is 1. The molecule has 3 aromatic rings. The highest BCUT2D eigenvalue weighted by molar-refractivity contribution is 7.92. The van der Waals surface area contributed by atoms with Crippen LogP contribution in [0.15, 0.2) is 71.6 Å². The molecule has 0 fully saturated rings. The summed E-state index contributed by atoms with van der Waals surface area (Å²) in [7, 11) is -2.61. The molecule has 0 saturated carbocycles. The summed E-state index contributed by atoms with van der Waals surface area (Å²) in [6, 6.07) is 17.6. The summed E-state index contributed by atoms with van der Waals surface area (Å²) in [6.07, 6.45) is 0.328. The topological polar surface area (TPSA) is 96.0 Å². The van der Waals surface area contributed by atoms with Gasteiger partial charge < -0.3 is 15.0 Å². The van der Waals surface area contributed by atoms with Crippen LogP contribution in [0.2, 0.25) is 5.02 Å². The van der Waals surface area contributed by atoms with Crippen molar-refractivity contribution in [2.45, 2.75) is 71.0 Å². The number of benzene rings is 3. The average molecular weight is 614 g/mol. The summed E-state index contributed by atoms with van der Waals surface area (Å²) in [5, 5.41) is 3.42. The van der Waals surface area contributed by atoms with Crippen LogP contribution < -0.4 is 14.4 Å². The van der Waals surface area contributed by atoms with Crippen molar-refractivity contribution in [1.29, 1.82) is 0 Å². The van der Waals surface area contributed by atoms with Crippen LogP contribution in [0.25, 0.3) is 0 Å². The molecule has 0 unspecified atom stereocenters. The number of nitrogens with zero attached hydrogens (tertiary/aromatic N) is 2. The lowest BCUT2D eigenvalue weighted by Crippen LogP contribution is -2.55. The summed E-state index contributed by atoms with van der Waals surface area (Å²) in [6.45, 7) is 10.6. The van der Waals surface area contributed by atoms with E-state index in [0.717, 1.165) is 15.4 Å². The Bertz CT molecular complexity index is 1500. The molecule has 0 aliphatic carbocycles. The summed E-state index contributed by atoms with van der Waals surface area (Å²) in [5.74, 6) is -0.183. The first-order valence-corrected chi connectivity index (χ1v) is 15.6. The molecule has 0 saturated heterocycles. The Hall–Kier alpha value is -3.56. The van der Waals surface area contributed by atoms with Crippen molar-refractivity contribution < 1.29 is 22.7 Å². The third kappa shape index (κ3) is 8.26. The lowest BCUT2D eigenvalue weighted by molar-refractivity contribution is -0.141. The van der Waals surface area contributed by atoms with E-state index in [1.165, 1.54) is 17.0 Å². The third-order valence-electron chi connectivity index (χ3n) is 6.71. The molecule has 0 bridgehead atoms. The van der Waals surface area contributed by atoms with Crippen LogP contribution in [0.1, 0.15) is 50.8 Å². The summed E-state index contributed by atoms with van der Waals surface area (Å²) >= 11 is 6.19. The predicted octanol–water partition coefficient (Wildman–Crippen LogP) is 5.88. The van der Waals surface area contributed by atoms with Gasteiger partial charge in [0.25, 0.3) is 10.0 Å². The van der Waals surface area contributed by atoms with E-state index in [1.54, 1.807) is 56.5 Å². The van der Waals surface area contributed by atoms with Crippen LogP contribution in [-0.2, 0) is 26.2 Å². The number of aryl methyl sites for hydroxylation is 2. The van der Waals surface area contributed by atoms with Gasteiger partial charge in [-0.1, -0.05) is 48.4 Å². The molecular formula is C32H40ClN3O5S. The second-order valence-electron chi connectivity index (χ2n) is 11.3. The second kappa shape index (κ2) is 13.6. The number of ether oxygens (including phenoxy) is 1. The molecule has 0 spiro atoms. The van der Waals surface area contributed by atoms with E-state index in [4.69, 9.17) is 16.3 Å². The Morgan fingerprint density at radius 1 is 0.976 bits per heavy atom. The van der Waals surface area contributed by atoms with Crippen LogP contribution in [0.5, 0.6) is 5.75 Å². The maximum absolute atomic E-state index is 14.2. The fourth-order valence-electron chi connectivity index (χ4n) is 4.55. The number of halogens is 1. The Labute approximate surface area is 254 Å². The zero-order valence-corrected chi connectivity index (χ0v) is 26.8. The zero-order valence-electron chi connectivity index (χ0n) is 25.3. The number of hydrogen-bond donors (Lipinski definition) is 1. The van der Waals surface area contributed by atoms with Crippen LogP contribution >= 0.6 is 11.6 Å². The van der Waals surface area contributed by atoms with Gasteiger partial charge in [0.15, 0.2) is 0 Å². The Morgan fingerprint density at radius 3 is 2.12 bits per heavy atom. The van der Waals surface area contributed by atoms with Crippen LogP contribution in [0.4, 0.5) is 5.69 Å². The lowest BCUT2D eigenvalue weighted by atomic mass is 10.1. The molecule has 1 N–H and O–H groups in total. The van der Waals surface area contributed by atoms with Crippen molar-refractivity contribution >= 4 is 39.1 Å². The van der Waals surface area contributed by atoms with E-state index >= 15 is 0 Å². The molecular weight excluding hydrogens is 574 g/mol. The molecule has 0 aliphatic heterocycles. The number of hydrogen-bond acceptors (Lipinski definition) is 5. The molecule has 3 aromatic carbocycles. The van der Waals surface area contributed by atoms with Crippen molar-refractivity contribution in [1.82, 2.24) is 10.2 Å². The number of methoxy groups -OCH3 is 1. The second-order valence-corrected chi connectivity index (χ2v) is 13.6. The maximum atomic E-state index is 14.2. The number of carbonyl (C=O) groups excluding carboxylic acids is 2. The molecule has 10 heteroatoms. The van der Waals surface area contributed by atoms with Gasteiger partial charge in [-0.25, -0.2) is 8.42 Å². The van der Waals surface area contributed by atoms with Gasteiger partial charge in [-0.15, -0.1) is 0 Å². The van der Waals surface area contributed by atoms with Crippen LogP contribution in [0.3, 0.4) is 0 Å². The quantitative estimate of drug-likeness (QED) is 0.291. The minimum atomic E-state index is -4.17. The van der Waals surface area contributed by atoms with Gasteiger partial charge in [0.1, 0.15) is 18.3 Å². The van der Waals surface area contributed by atoms with E-state index in [-0.39, 0.29) is 17.3 Å². The van der Waals surface area contributed by atoms with Gasteiger partial charge in [0, 0.05) is 17.1 Å². The molecule has 3 rings (SSSR count). The molecule has 0 heterocycles. The Balaban J connectivity index is 2.10. The van der Waals surface area contributed by atoms with Crippen molar-refractivity contribution in [3.05, 3.63) is 88.4 Å². The monoisotopic (exact) mass is 613 g/mol. The van der Waals surface area contributed by atoms with Gasteiger partial charge in [-0.3, -0.25) is 13.9 Å². The lowest BCUT2D eigenvalue weighted by Gasteiger charge is -2.35. The molecule has 0 radical (unpaired) electrons. The minimum Gasteiger partial charge on any atom is -0.497 e. The summed E-state index contributed by atoms with van der Waals surface area (Å²) in [5.41, 5.74) is 2.05. The number of carbonyl (C=O) groups is 2. The maximum Gasteiger partial charge on any atom is 0.264 e. The first-order chi connectivity index (χ1) is 19.7. The van der Waals surface area contributed by atoms with Gasteiger partial charge in [0.05, 0.1) is 17.7 Å². The van der Waals surface area contributed by atoms with Crippen LogP contribution in [-0.4, -0.2) is 50.4 Å². The van der Waals surface area contributed by atoms with Crippen molar-refractivity contribution in [3.63, 3.8) is 0 Å². The largest absolute Gasteiger partial charge is 0.497 e. The van der Waals surface area contributed by atoms with Gasteiger partial charge in [0.2, 0.25) is 11.8 Å². The zero-order chi connectivity index (χ0) is 31.2. The summed E-state index contributed by atoms with van der Waals surface area (Å²) < 4.78 is 34.5. The highest BCUT2D eigenvalue weighted by Crippen LogP contribution is 2.30. The van der Waals surface area contributed by atoms with Gasteiger partial charge in [-0.2, -0.15) is 0 Å². The standard InChI is InChI=1S/C32H40ClN3O5S/c1-8-28(31(38)34-32(4,5)6)35(20-24-11-14-26(41-7)15-12-24)30(37)21-36(29-18-13-25(33)19-23(29)3)42(39,40)27-16-9-22(2)10-17-27/h9-19,28H,8,20-21H2,1-7H3,(H,34,38)/t28-/m1/s1. The fraction of sp³-hybridized carbons (Fsp3) is 0.375. The van der Waals surface area contributed by atoms with E-state index in [1.807, 2.05) is 46.8 Å². The van der Waals surface area contributed by atoms with Crippen LogP contribution in [0, 0.1) is 13.8 Å². The smallest absolute Gasteiger partial charge is 0.264 e. The Morgan fingerprint density at radius 2 is 1.60 bits per heavy atom. The number of amides is 2. The SMILES string of the molecule is CC[C@H](C(=O)NC(C)(C)C)N(Cc1ccc(OC)cc1)C(=O)CN(c1ccc(Cl)cc1C)S(=O)(=O)c1ccc(C)cc1. The van der Waals surface area contributed by atoms with Gasteiger partial charge in [-0.05, 0) is 94.6 Å². The van der Waals surface area contributed by atoms with Crippen molar-refractivity contribution in [3.8, 4) is 5.75 Å². The number of anilines is 1. The Kier molecular flexibility index (Phi) is 10.7. The summed E-state index contributed by atoms with van der Waals surface area (Å²) in [4.78, 5) is 29.2. The molecule has 0 aromatic heterocycles. The molecule has 2 amide bonds. The fourth-order valence-corrected chi connectivity index (χ4v) is 6.25. The van der Waals surface area contributed by atoms with Crippen molar-refractivity contribution in [2.75, 3.05) is 18.0 Å². The highest BCUT2D eigenvalue weighted by Gasteiger charge is 2.35. The van der Waals surface area contributed by atoms with E-state index < -0.39 is 34.1 Å². The predicted molar refractivity (Wildman–Crippen MR) is 167 cm³/mol. The number of sulfonamides is 1. The highest BCUT2D eigenvalue weighted by atomic mass is 35.5. The van der Waals surface area contributed by atoms with Gasteiger partial charge >= 0.3 is 0 Å². The minimum absolute atomic E-state index is 0.0504. The van der Waals surface area contributed by atoms with E-state index in [9.17, 15) is 18.0 Å². The molecule has 42 heavy (non-hydrogen) atoms. The molecule has 8 nitrogen and oxygen atoms in total. The normalized spacial score (nSPS) is 12.4.